The van der Waals surface area contributed by atoms with Gasteiger partial charge >= 0.3 is 5.97 Å². The Kier molecular flexibility index (Phi) is 5.12. The van der Waals surface area contributed by atoms with Crippen LogP contribution in [0.25, 0.3) is 0 Å². The number of hydrogen-bond donors (Lipinski definition) is 1. The summed E-state index contributed by atoms with van der Waals surface area (Å²) in [6, 6.07) is 0. The predicted octanol–water partition coefficient (Wildman–Crippen LogP) is 3.07. The lowest BCUT2D eigenvalue weighted by Gasteiger charge is -2.45. The molecule has 0 radical (unpaired) electrons. The van der Waals surface area contributed by atoms with Crippen LogP contribution >= 0.6 is 0 Å². The maximum Gasteiger partial charge on any atom is 0.310 e. The summed E-state index contributed by atoms with van der Waals surface area (Å²) in [5, 5.41) is 3.42. The van der Waals surface area contributed by atoms with Crippen LogP contribution in [0, 0.1) is 17.3 Å². The molecule has 1 saturated carbocycles. The number of hydrogen-bond acceptors (Lipinski definition) is 4. The monoisotopic (exact) mass is 321 g/mol. The largest absolute Gasteiger partial charge is 0.462 e. The molecule has 1 N–H and O–H groups in total. The molecular weight excluding hydrogens is 290 g/mol. The Labute approximate surface area is 140 Å². The number of ether oxygens (including phenoxy) is 2. The van der Waals surface area contributed by atoms with Crippen LogP contribution in [-0.2, 0) is 14.3 Å². The summed E-state index contributed by atoms with van der Waals surface area (Å²) in [5.74, 6) is 0.405. The second kappa shape index (κ2) is 6.94. The van der Waals surface area contributed by atoms with E-state index >= 15 is 0 Å². The molecule has 1 heterocycles. The van der Waals surface area contributed by atoms with Crippen molar-refractivity contribution in [2.45, 2.75) is 58.5 Å². The number of methoxy groups -OCH3 is 1. The minimum Gasteiger partial charge on any atom is -0.462 e. The third kappa shape index (κ3) is 3.34. The van der Waals surface area contributed by atoms with Crippen LogP contribution in [0.4, 0.5) is 0 Å². The van der Waals surface area contributed by atoms with E-state index in [0.29, 0.717) is 5.92 Å². The highest BCUT2D eigenvalue weighted by atomic mass is 16.6. The Morgan fingerprint density at radius 2 is 2.26 bits per heavy atom. The first kappa shape index (κ1) is 17.0. The van der Waals surface area contributed by atoms with Gasteiger partial charge in [0.1, 0.15) is 6.10 Å². The van der Waals surface area contributed by atoms with Gasteiger partial charge in [-0.05, 0) is 57.4 Å². The van der Waals surface area contributed by atoms with Crippen molar-refractivity contribution in [3.8, 4) is 0 Å². The van der Waals surface area contributed by atoms with E-state index in [2.05, 4.69) is 19.2 Å². The first-order chi connectivity index (χ1) is 11.0. The molecule has 4 heteroatoms. The van der Waals surface area contributed by atoms with E-state index < -0.39 is 0 Å². The molecule has 0 aromatic heterocycles. The first-order valence-corrected chi connectivity index (χ1v) is 9.14. The van der Waals surface area contributed by atoms with E-state index in [1.54, 1.807) is 18.3 Å². The van der Waals surface area contributed by atoms with Crippen molar-refractivity contribution < 1.29 is 14.3 Å². The van der Waals surface area contributed by atoms with E-state index in [0.717, 1.165) is 39.0 Å². The maximum absolute atomic E-state index is 12.3. The lowest BCUT2D eigenvalue weighted by Crippen LogP contribution is -2.40. The lowest BCUT2D eigenvalue weighted by molar-refractivity contribution is -0.145. The van der Waals surface area contributed by atoms with Gasteiger partial charge in [-0.1, -0.05) is 18.1 Å². The van der Waals surface area contributed by atoms with Crippen LogP contribution in [-0.4, -0.2) is 38.9 Å². The summed E-state index contributed by atoms with van der Waals surface area (Å²) in [6.45, 7) is 7.08. The molecule has 3 rings (SSSR count). The van der Waals surface area contributed by atoms with E-state index in [1.165, 1.54) is 19.3 Å². The highest BCUT2D eigenvalue weighted by Gasteiger charge is 2.52. The fourth-order valence-electron chi connectivity index (χ4n) is 4.94. The van der Waals surface area contributed by atoms with Gasteiger partial charge in [0.05, 0.1) is 5.92 Å². The summed E-state index contributed by atoms with van der Waals surface area (Å²) in [4.78, 5) is 12.3. The smallest absolute Gasteiger partial charge is 0.310 e. The van der Waals surface area contributed by atoms with Gasteiger partial charge in [-0.25, -0.2) is 0 Å². The third-order valence-electron chi connectivity index (χ3n) is 6.25. The number of carbonyl (C=O) groups is 1. The molecule has 0 bridgehead atoms. The van der Waals surface area contributed by atoms with Gasteiger partial charge in [0, 0.05) is 26.2 Å². The summed E-state index contributed by atoms with van der Waals surface area (Å²) in [5.41, 5.74) is 3.47. The molecule has 2 aliphatic carbocycles. The Morgan fingerprint density at radius 1 is 1.43 bits per heavy atom. The van der Waals surface area contributed by atoms with Crippen molar-refractivity contribution in [3.63, 3.8) is 0 Å². The summed E-state index contributed by atoms with van der Waals surface area (Å²) >= 11 is 0. The van der Waals surface area contributed by atoms with Gasteiger partial charge < -0.3 is 14.8 Å². The zero-order valence-electron chi connectivity index (χ0n) is 14.8. The normalized spacial score (nSPS) is 36.7. The second-order valence-corrected chi connectivity index (χ2v) is 7.88. The van der Waals surface area contributed by atoms with Gasteiger partial charge in [-0.3, -0.25) is 4.79 Å². The molecule has 1 aliphatic heterocycles. The number of esters is 1. The number of allylic oxidation sites excluding steroid dienone is 2. The molecule has 3 aliphatic rings. The molecule has 4 nitrogen and oxygen atoms in total. The Balaban J connectivity index is 1.65. The predicted molar refractivity (Wildman–Crippen MR) is 90.1 cm³/mol. The van der Waals surface area contributed by atoms with Crippen LogP contribution in [0.5, 0.6) is 0 Å². The summed E-state index contributed by atoms with van der Waals surface area (Å²) in [6.07, 6.45) is 6.96. The van der Waals surface area contributed by atoms with Crippen LogP contribution in [0.2, 0.25) is 0 Å². The summed E-state index contributed by atoms with van der Waals surface area (Å²) in [7, 11) is 1.72. The number of rotatable bonds is 6. The van der Waals surface area contributed by atoms with Gasteiger partial charge in [-0.15, -0.1) is 0 Å². The first-order valence-electron chi connectivity index (χ1n) is 9.14. The van der Waals surface area contributed by atoms with Gasteiger partial charge in [-0.2, -0.15) is 0 Å². The van der Waals surface area contributed by atoms with Crippen LogP contribution in [0.3, 0.4) is 0 Å². The molecule has 0 amide bonds. The minimum atomic E-state index is 0.0136. The van der Waals surface area contributed by atoms with E-state index in [1.807, 2.05) is 0 Å². The molecule has 0 aromatic rings. The van der Waals surface area contributed by atoms with Crippen molar-refractivity contribution in [2.24, 2.45) is 17.3 Å². The minimum absolute atomic E-state index is 0.0136. The highest BCUT2D eigenvalue weighted by molar-refractivity contribution is 5.76. The van der Waals surface area contributed by atoms with Gasteiger partial charge in [0.25, 0.3) is 0 Å². The molecule has 0 aromatic carbocycles. The van der Waals surface area contributed by atoms with Crippen molar-refractivity contribution in [3.05, 3.63) is 11.1 Å². The lowest BCUT2D eigenvalue weighted by atomic mass is 9.59. The molecule has 1 saturated heterocycles. The van der Waals surface area contributed by atoms with Crippen LogP contribution in [0.1, 0.15) is 52.4 Å². The number of fused-ring (bicyclic) bond motifs is 2. The highest BCUT2D eigenvalue weighted by Crippen LogP contribution is 2.54. The maximum atomic E-state index is 12.3. The van der Waals surface area contributed by atoms with Gasteiger partial charge in [0.2, 0.25) is 0 Å². The summed E-state index contributed by atoms with van der Waals surface area (Å²) < 4.78 is 10.8. The molecule has 0 unspecified atom stereocenters. The fraction of sp³-hybridized carbons (Fsp3) is 0.842. The molecule has 4 atom stereocenters. The average molecular weight is 321 g/mol. The standard InChI is InChI=1S/C19H31NO3/c1-13-6-4-7-19(2)11-17-14(10-16(13)19)15(18(21)23-17)12-20-8-5-9-22-3/h14-15,17,20H,4-12H2,1-3H3/t14-,15+,17-,19-/m1/s1. The molecule has 23 heavy (non-hydrogen) atoms. The Hall–Kier alpha value is -0.870. The fourth-order valence-corrected chi connectivity index (χ4v) is 4.94. The van der Waals surface area contributed by atoms with Gasteiger partial charge in [0.15, 0.2) is 0 Å². The second-order valence-electron chi connectivity index (χ2n) is 7.88. The van der Waals surface area contributed by atoms with E-state index in [4.69, 9.17) is 9.47 Å². The number of nitrogens with one attached hydrogen (secondary N) is 1. The van der Waals surface area contributed by atoms with Crippen molar-refractivity contribution in [1.29, 1.82) is 0 Å². The Bertz CT molecular complexity index is 487. The zero-order valence-corrected chi connectivity index (χ0v) is 14.8. The molecule has 2 fully saturated rings. The van der Waals surface area contributed by atoms with Crippen LogP contribution in [0.15, 0.2) is 11.1 Å². The zero-order chi connectivity index (χ0) is 16.4. The number of carbonyl (C=O) groups excluding carboxylic acids is 1. The molecule has 130 valence electrons. The van der Waals surface area contributed by atoms with Crippen molar-refractivity contribution in [2.75, 3.05) is 26.8 Å². The topological polar surface area (TPSA) is 47.6 Å². The van der Waals surface area contributed by atoms with E-state index in [-0.39, 0.29) is 23.4 Å². The molecular formula is C19H31NO3. The van der Waals surface area contributed by atoms with E-state index in [9.17, 15) is 4.79 Å². The quantitative estimate of drug-likeness (QED) is 0.464. The Morgan fingerprint density at radius 3 is 3.04 bits per heavy atom. The SMILES string of the molecule is COCCCNC[C@@H]1C(=O)O[C@@H]2C[C@@]3(C)CCCC(C)=C3C[C@H]12. The van der Waals surface area contributed by atoms with Crippen molar-refractivity contribution in [1.82, 2.24) is 5.32 Å². The molecule has 0 spiro atoms. The van der Waals surface area contributed by atoms with Crippen molar-refractivity contribution >= 4 is 5.97 Å². The average Bonchev–Trinajstić information content (AvgIpc) is 2.79. The van der Waals surface area contributed by atoms with Crippen LogP contribution < -0.4 is 5.32 Å². The third-order valence-corrected chi connectivity index (χ3v) is 6.25.